The quantitative estimate of drug-likeness (QED) is 0.459. The largest absolute Gasteiger partial charge is 0.443 e. The van der Waals surface area contributed by atoms with Crippen LogP contribution < -0.4 is 4.90 Å². The molecule has 0 radical (unpaired) electrons. The first-order chi connectivity index (χ1) is 15.2. The van der Waals surface area contributed by atoms with Crippen LogP contribution in [0.25, 0.3) is 0 Å². The van der Waals surface area contributed by atoms with Crippen LogP contribution in [0, 0.1) is 6.92 Å². The number of anilines is 1. The van der Waals surface area contributed by atoms with Crippen molar-refractivity contribution >= 4 is 29.4 Å². The Kier molecular flexibility index (Phi) is 5.87. The van der Waals surface area contributed by atoms with Crippen molar-refractivity contribution in [1.82, 2.24) is 0 Å². The minimum absolute atomic E-state index is 0.276. The van der Waals surface area contributed by atoms with Crippen molar-refractivity contribution in [3.8, 4) is 0 Å². The molecule has 4 rings (SSSR count). The Hall–Kier alpha value is -3.05. The van der Waals surface area contributed by atoms with E-state index in [0.717, 1.165) is 21.6 Å². The van der Waals surface area contributed by atoms with E-state index in [-0.39, 0.29) is 5.91 Å². The molecule has 1 atom stereocenters. The molecule has 0 spiro atoms. The van der Waals surface area contributed by atoms with Gasteiger partial charge in [-0.05, 0) is 51.5 Å². The summed E-state index contributed by atoms with van der Waals surface area (Å²) in [5.41, 5.74) is 2.90. The molecule has 0 aliphatic carbocycles. The molecule has 2 amide bonds. The predicted octanol–water partition coefficient (Wildman–Crippen LogP) is 6.51. The summed E-state index contributed by atoms with van der Waals surface area (Å²) in [6.45, 7) is 7.44. The predicted molar refractivity (Wildman–Crippen MR) is 129 cm³/mol. The third-order valence-electron chi connectivity index (χ3n) is 5.31. The van der Waals surface area contributed by atoms with E-state index >= 15 is 0 Å². The van der Waals surface area contributed by atoms with Crippen LogP contribution in [0.1, 0.15) is 37.5 Å². The van der Waals surface area contributed by atoms with Gasteiger partial charge >= 0.3 is 6.09 Å². The molecular weight excluding hydrogens is 418 g/mol. The highest BCUT2D eigenvalue weighted by Gasteiger charge is 2.54. The topological polar surface area (TPSA) is 46.6 Å². The summed E-state index contributed by atoms with van der Waals surface area (Å²) in [6.07, 6.45) is -0.184. The zero-order chi connectivity index (χ0) is 22.9. The van der Waals surface area contributed by atoms with Crippen LogP contribution in [0.3, 0.4) is 0 Å². The van der Waals surface area contributed by atoms with Gasteiger partial charge in [-0.1, -0.05) is 66.2 Å². The molecule has 32 heavy (non-hydrogen) atoms. The number of amides is 2. The van der Waals surface area contributed by atoms with Crippen LogP contribution in [0.4, 0.5) is 10.5 Å². The van der Waals surface area contributed by atoms with Gasteiger partial charge < -0.3 is 4.74 Å². The SMILES string of the molecule is Cc1ccc(C[C@]2(Sc3ccccc3)C(=O)N(C(=O)OC(C)(C)C)c3ccccc32)cc1. The fourth-order valence-electron chi connectivity index (χ4n) is 3.89. The fraction of sp³-hybridized carbons (Fsp3) is 0.259. The maximum absolute atomic E-state index is 14.1. The summed E-state index contributed by atoms with van der Waals surface area (Å²) in [5, 5.41) is 0. The molecule has 0 aromatic heterocycles. The van der Waals surface area contributed by atoms with Crippen molar-refractivity contribution in [2.75, 3.05) is 4.90 Å². The van der Waals surface area contributed by atoms with Crippen LogP contribution in [0.2, 0.25) is 0 Å². The number of hydrogen-bond donors (Lipinski definition) is 0. The second kappa shape index (κ2) is 8.47. The van der Waals surface area contributed by atoms with Crippen molar-refractivity contribution in [2.45, 2.75) is 49.4 Å². The van der Waals surface area contributed by atoms with Gasteiger partial charge in [0.05, 0.1) is 5.69 Å². The van der Waals surface area contributed by atoms with Crippen LogP contribution in [-0.4, -0.2) is 17.6 Å². The van der Waals surface area contributed by atoms with Gasteiger partial charge in [-0.15, -0.1) is 11.8 Å². The van der Waals surface area contributed by atoms with Gasteiger partial charge in [0.25, 0.3) is 5.91 Å². The zero-order valence-corrected chi connectivity index (χ0v) is 19.6. The minimum Gasteiger partial charge on any atom is -0.443 e. The minimum atomic E-state index is -0.982. The number of benzene rings is 3. The van der Waals surface area contributed by atoms with Crippen molar-refractivity contribution in [3.05, 3.63) is 95.6 Å². The molecule has 0 bridgehead atoms. The Morgan fingerprint density at radius 1 is 0.938 bits per heavy atom. The maximum Gasteiger partial charge on any atom is 0.421 e. The molecule has 3 aromatic rings. The van der Waals surface area contributed by atoms with Gasteiger partial charge in [0.2, 0.25) is 0 Å². The van der Waals surface area contributed by atoms with Crippen molar-refractivity contribution < 1.29 is 14.3 Å². The molecule has 0 saturated carbocycles. The van der Waals surface area contributed by atoms with Crippen LogP contribution in [0.15, 0.2) is 83.8 Å². The van der Waals surface area contributed by atoms with Gasteiger partial charge in [-0.25, -0.2) is 9.69 Å². The molecule has 1 aliphatic rings. The lowest BCUT2D eigenvalue weighted by Gasteiger charge is -2.29. The first kappa shape index (κ1) is 22.2. The Bertz CT molecular complexity index is 1140. The summed E-state index contributed by atoms with van der Waals surface area (Å²) < 4.78 is 4.63. The third-order valence-corrected chi connectivity index (χ3v) is 6.71. The fourth-order valence-corrected chi connectivity index (χ4v) is 5.29. The zero-order valence-electron chi connectivity index (χ0n) is 18.8. The molecule has 1 aliphatic heterocycles. The molecule has 3 aromatic carbocycles. The molecule has 0 N–H and O–H groups in total. The number of rotatable bonds is 4. The summed E-state index contributed by atoms with van der Waals surface area (Å²) >= 11 is 1.49. The number of ether oxygens (including phenoxy) is 1. The summed E-state index contributed by atoms with van der Waals surface area (Å²) in [6, 6.07) is 25.6. The number of aryl methyl sites for hydroxylation is 1. The number of thioether (sulfide) groups is 1. The average Bonchev–Trinajstić information content (AvgIpc) is 2.97. The van der Waals surface area contributed by atoms with Crippen LogP contribution in [0.5, 0.6) is 0 Å². The number of carbonyl (C=O) groups is 2. The molecule has 0 fully saturated rings. The molecular formula is C27H27NO3S. The van der Waals surface area contributed by atoms with Gasteiger partial charge in [-0.3, -0.25) is 4.79 Å². The lowest BCUT2D eigenvalue weighted by atomic mass is 9.91. The Balaban J connectivity index is 1.85. The van der Waals surface area contributed by atoms with E-state index in [1.54, 1.807) is 20.8 Å². The number of carbonyl (C=O) groups excluding carboxylic acids is 2. The summed E-state index contributed by atoms with van der Waals surface area (Å²) in [5.74, 6) is -0.276. The van der Waals surface area contributed by atoms with Gasteiger partial charge in [0.15, 0.2) is 0 Å². The lowest BCUT2D eigenvalue weighted by Crippen LogP contribution is -2.45. The standard InChI is InChI=1S/C27H27NO3S/c1-19-14-16-20(17-15-19)18-27(32-21-10-6-5-7-11-21)22-12-8-9-13-23(22)28(24(27)29)25(30)31-26(2,3)4/h5-17H,18H2,1-4H3/t27-/m1/s1. The number of hydrogen-bond acceptors (Lipinski definition) is 4. The van der Waals surface area contributed by atoms with E-state index in [1.165, 1.54) is 16.7 Å². The van der Waals surface area contributed by atoms with Gasteiger partial charge in [0.1, 0.15) is 10.3 Å². The van der Waals surface area contributed by atoms with E-state index in [2.05, 4.69) is 12.1 Å². The number of fused-ring (bicyclic) bond motifs is 1. The molecule has 1 heterocycles. The molecule has 4 nitrogen and oxygen atoms in total. The second-order valence-corrected chi connectivity index (χ2v) is 10.4. The summed E-state index contributed by atoms with van der Waals surface area (Å²) in [4.78, 5) is 29.4. The second-order valence-electron chi connectivity index (χ2n) is 9.04. The lowest BCUT2D eigenvalue weighted by molar-refractivity contribution is -0.120. The van der Waals surface area contributed by atoms with Crippen molar-refractivity contribution in [1.29, 1.82) is 0 Å². The van der Waals surface area contributed by atoms with Gasteiger partial charge in [0, 0.05) is 16.9 Å². The molecule has 164 valence electrons. The highest BCUT2D eigenvalue weighted by Crippen LogP contribution is 2.53. The molecule has 0 unspecified atom stereocenters. The van der Waals surface area contributed by atoms with Crippen molar-refractivity contribution in [2.24, 2.45) is 0 Å². The van der Waals surface area contributed by atoms with Crippen molar-refractivity contribution in [3.63, 3.8) is 0 Å². The highest BCUT2D eigenvalue weighted by atomic mass is 32.2. The van der Waals surface area contributed by atoms with E-state index < -0.39 is 16.4 Å². The molecule has 5 heteroatoms. The summed E-state index contributed by atoms with van der Waals surface area (Å²) in [7, 11) is 0. The van der Waals surface area contributed by atoms with E-state index in [1.807, 2.05) is 73.7 Å². The molecule has 0 saturated heterocycles. The van der Waals surface area contributed by atoms with Crippen LogP contribution in [-0.2, 0) is 20.7 Å². The normalized spacial score (nSPS) is 17.9. The third kappa shape index (κ3) is 4.30. The number of para-hydroxylation sites is 1. The average molecular weight is 446 g/mol. The smallest absolute Gasteiger partial charge is 0.421 e. The Morgan fingerprint density at radius 2 is 1.56 bits per heavy atom. The van der Waals surface area contributed by atoms with E-state index in [9.17, 15) is 9.59 Å². The first-order valence-electron chi connectivity index (χ1n) is 10.7. The highest BCUT2D eigenvalue weighted by molar-refractivity contribution is 8.01. The Morgan fingerprint density at radius 3 is 2.22 bits per heavy atom. The van der Waals surface area contributed by atoms with E-state index in [4.69, 9.17) is 4.74 Å². The van der Waals surface area contributed by atoms with Crippen LogP contribution >= 0.6 is 11.8 Å². The monoisotopic (exact) mass is 445 g/mol. The number of nitrogens with zero attached hydrogens (tertiary/aromatic N) is 1. The maximum atomic E-state index is 14.1. The van der Waals surface area contributed by atoms with E-state index in [0.29, 0.717) is 12.1 Å². The first-order valence-corrected chi connectivity index (χ1v) is 11.5. The Labute approximate surface area is 193 Å². The van der Waals surface area contributed by atoms with Gasteiger partial charge in [-0.2, -0.15) is 0 Å². The number of imide groups is 1.